The van der Waals surface area contributed by atoms with Gasteiger partial charge in [0.25, 0.3) is 0 Å². The zero-order valence-electron chi connectivity index (χ0n) is 10.7. The van der Waals surface area contributed by atoms with Gasteiger partial charge in [-0.05, 0) is 36.4 Å². The summed E-state index contributed by atoms with van der Waals surface area (Å²) in [5.74, 6) is -0.826. The van der Waals surface area contributed by atoms with E-state index in [4.69, 9.17) is 5.26 Å². The van der Waals surface area contributed by atoms with Gasteiger partial charge in [0.2, 0.25) is 5.91 Å². The van der Waals surface area contributed by atoms with Crippen LogP contribution in [0.4, 0.5) is 10.1 Å². The van der Waals surface area contributed by atoms with Crippen molar-refractivity contribution in [2.75, 3.05) is 5.32 Å². The Morgan fingerprint density at radius 2 is 2.20 bits per heavy atom. The highest BCUT2D eigenvalue weighted by molar-refractivity contribution is 7.09. The van der Waals surface area contributed by atoms with Crippen molar-refractivity contribution in [1.29, 1.82) is 5.26 Å². The molecule has 1 aromatic heterocycles. The number of carbonyl (C=O) groups excluding carboxylic acids is 1. The number of halogens is 1. The fourth-order valence-electron chi connectivity index (χ4n) is 1.83. The van der Waals surface area contributed by atoms with E-state index in [1.54, 1.807) is 17.4 Å². The minimum atomic E-state index is -0.621. The van der Waals surface area contributed by atoms with Gasteiger partial charge in [-0.25, -0.2) is 4.39 Å². The van der Waals surface area contributed by atoms with Crippen molar-refractivity contribution in [2.24, 2.45) is 0 Å². The molecule has 3 nitrogen and oxygen atoms in total. The largest absolute Gasteiger partial charge is 0.325 e. The zero-order chi connectivity index (χ0) is 14.4. The van der Waals surface area contributed by atoms with Gasteiger partial charge in [0.05, 0.1) is 5.69 Å². The van der Waals surface area contributed by atoms with Gasteiger partial charge in [0.15, 0.2) is 0 Å². The average Bonchev–Trinajstić information content (AvgIpc) is 2.92. The Bertz CT molecular complexity index is 632. The number of thiophene rings is 1. The molecule has 0 fully saturated rings. The summed E-state index contributed by atoms with van der Waals surface area (Å²) < 4.78 is 13.4. The Hall–Kier alpha value is -2.19. The Morgan fingerprint density at radius 1 is 1.35 bits per heavy atom. The fraction of sp³-hybridized carbons (Fsp3) is 0.200. The van der Waals surface area contributed by atoms with Crippen molar-refractivity contribution >= 4 is 22.9 Å². The van der Waals surface area contributed by atoms with Crippen LogP contribution in [0.1, 0.15) is 23.3 Å². The van der Waals surface area contributed by atoms with Crippen LogP contribution in [0.15, 0.2) is 35.7 Å². The number of hydrogen-bond donors (Lipinski definition) is 1. The van der Waals surface area contributed by atoms with Gasteiger partial charge in [0, 0.05) is 11.3 Å². The second-order valence-corrected chi connectivity index (χ2v) is 5.29. The molecular formula is C15H13FN2OS. The van der Waals surface area contributed by atoms with Crippen LogP contribution in [-0.4, -0.2) is 5.91 Å². The first-order valence-corrected chi connectivity index (χ1v) is 7.09. The van der Waals surface area contributed by atoms with E-state index < -0.39 is 5.82 Å². The van der Waals surface area contributed by atoms with Crippen LogP contribution in [0, 0.1) is 17.1 Å². The molecule has 0 spiro atoms. The maximum absolute atomic E-state index is 13.4. The van der Waals surface area contributed by atoms with E-state index in [0.717, 1.165) is 12.8 Å². The van der Waals surface area contributed by atoms with Gasteiger partial charge in [-0.3, -0.25) is 4.79 Å². The molecule has 2 aromatic rings. The number of amides is 1. The minimum absolute atomic E-state index is 0.126. The SMILES string of the molecule is N#Cc1c(F)cccc1NC(=O)CCCc1cccs1. The monoisotopic (exact) mass is 288 g/mol. The van der Waals surface area contributed by atoms with E-state index >= 15 is 0 Å². The molecule has 0 atom stereocenters. The van der Waals surface area contributed by atoms with E-state index in [1.807, 2.05) is 17.5 Å². The molecule has 102 valence electrons. The van der Waals surface area contributed by atoms with Crippen LogP contribution in [0.3, 0.4) is 0 Å². The van der Waals surface area contributed by atoms with E-state index in [9.17, 15) is 9.18 Å². The van der Waals surface area contributed by atoms with Crippen LogP contribution < -0.4 is 5.32 Å². The van der Waals surface area contributed by atoms with E-state index in [0.29, 0.717) is 6.42 Å². The van der Waals surface area contributed by atoms with Crippen molar-refractivity contribution in [3.05, 3.63) is 52.0 Å². The lowest BCUT2D eigenvalue weighted by atomic mass is 10.1. The van der Waals surface area contributed by atoms with Crippen LogP contribution in [0.2, 0.25) is 0 Å². The van der Waals surface area contributed by atoms with Crippen LogP contribution in [-0.2, 0) is 11.2 Å². The minimum Gasteiger partial charge on any atom is -0.325 e. The predicted molar refractivity (Wildman–Crippen MR) is 77.0 cm³/mol. The third kappa shape index (κ3) is 3.65. The van der Waals surface area contributed by atoms with Crippen LogP contribution in [0.5, 0.6) is 0 Å². The average molecular weight is 288 g/mol. The van der Waals surface area contributed by atoms with Gasteiger partial charge in [-0.15, -0.1) is 11.3 Å². The molecule has 0 saturated carbocycles. The Labute approximate surface area is 120 Å². The summed E-state index contributed by atoms with van der Waals surface area (Å²) in [6.07, 6.45) is 1.92. The number of carbonyl (C=O) groups is 1. The molecule has 0 aliphatic carbocycles. The third-order valence-electron chi connectivity index (χ3n) is 2.81. The third-order valence-corrected chi connectivity index (χ3v) is 3.74. The van der Waals surface area contributed by atoms with Gasteiger partial charge in [-0.2, -0.15) is 5.26 Å². The summed E-state index contributed by atoms with van der Waals surface area (Å²) in [5, 5.41) is 13.5. The molecule has 2 rings (SSSR count). The van der Waals surface area contributed by atoms with E-state index in [2.05, 4.69) is 5.32 Å². The second kappa shape index (κ2) is 6.83. The normalized spacial score (nSPS) is 10.0. The standard InChI is InChI=1S/C15H13FN2OS/c16-13-6-2-7-14(12(13)10-17)18-15(19)8-1-4-11-5-3-9-20-11/h2-3,5-7,9H,1,4,8H2,(H,18,19). The van der Waals surface area contributed by atoms with Crippen molar-refractivity contribution in [2.45, 2.75) is 19.3 Å². The van der Waals surface area contributed by atoms with E-state index in [-0.39, 0.29) is 17.2 Å². The fourth-order valence-corrected chi connectivity index (χ4v) is 2.58. The summed E-state index contributed by atoms with van der Waals surface area (Å²) in [4.78, 5) is 13.0. The summed E-state index contributed by atoms with van der Waals surface area (Å²) in [5.41, 5.74) is 0.104. The number of nitrogens with zero attached hydrogens (tertiary/aromatic N) is 1. The van der Waals surface area contributed by atoms with Gasteiger partial charge >= 0.3 is 0 Å². The first-order valence-electron chi connectivity index (χ1n) is 6.21. The molecule has 0 unspecified atom stereocenters. The highest BCUT2D eigenvalue weighted by Gasteiger charge is 2.10. The molecule has 0 aliphatic heterocycles. The molecule has 5 heteroatoms. The molecule has 1 heterocycles. The Kier molecular flexibility index (Phi) is 4.85. The summed E-state index contributed by atoms with van der Waals surface area (Å²) in [6, 6.07) is 9.96. The van der Waals surface area contributed by atoms with Gasteiger partial charge in [-0.1, -0.05) is 12.1 Å². The highest BCUT2D eigenvalue weighted by Crippen LogP contribution is 2.18. The molecule has 0 aliphatic rings. The van der Waals surface area contributed by atoms with Crippen molar-refractivity contribution in [3.8, 4) is 6.07 Å². The first kappa shape index (κ1) is 14.2. The number of anilines is 1. The molecule has 20 heavy (non-hydrogen) atoms. The first-order chi connectivity index (χ1) is 9.70. The maximum Gasteiger partial charge on any atom is 0.224 e. The molecular weight excluding hydrogens is 275 g/mol. The van der Waals surface area contributed by atoms with E-state index in [1.165, 1.54) is 23.1 Å². The molecule has 1 amide bonds. The number of nitriles is 1. The lowest BCUT2D eigenvalue weighted by Gasteiger charge is -2.07. The van der Waals surface area contributed by atoms with Crippen LogP contribution in [0.25, 0.3) is 0 Å². The molecule has 1 N–H and O–H groups in total. The number of aryl methyl sites for hydroxylation is 1. The number of rotatable bonds is 5. The van der Waals surface area contributed by atoms with Gasteiger partial charge < -0.3 is 5.32 Å². The number of benzene rings is 1. The van der Waals surface area contributed by atoms with Crippen LogP contribution >= 0.6 is 11.3 Å². The quantitative estimate of drug-likeness (QED) is 0.911. The number of hydrogen-bond acceptors (Lipinski definition) is 3. The summed E-state index contributed by atoms with van der Waals surface area (Å²) >= 11 is 1.66. The number of nitrogens with one attached hydrogen (secondary N) is 1. The lowest BCUT2D eigenvalue weighted by molar-refractivity contribution is -0.116. The molecule has 1 aromatic carbocycles. The molecule has 0 bridgehead atoms. The lowest BCUT2D eigenvalue weighted by Crippen LogP contribution is -2.13. The Balaban J connectivity index is 1.89. The topological polar surface area (TPSA) is 52.9 Å². The van der Waals surface area contributed by atoms with Crippen molar-refractivity contribution < 1.29 is 9.18 Å². The smallest absolute Gasteiger partial charge is 0.224 e. The van der Waals surface area contributed by atoms with Crippen molar-refractivity contribution in [3.63, 3.8) is 0 Å². The predicted octanol–water partition coefficient (Wildman–Crippen LogP) is 3.72. The molecule has 0 radical (unpaired) electrons. The summed E-state index contributed by atoms with van der Waals surface area (Å²) in [7, 11) is 0. The Morgan fingerprint density at radius 3 is 2.90 bits per heavy atom. The zero-order valence-corrected chi connectivity index (χ0v) is 11.5. The summed E-state index contributed by atoms with van der Waals surface area (Å²) in [6.45, 7) is 0. The molecule has 0 saturated heterocycles. The van der Waals surface area contributed by atoms with Crippen molar-refractivity contribution in [1.82, 2.24) is 0 Å². The highest BCUT2D eigenvalue weighted by atomic mass is 32.1. The second-order valence-electron chi connectivity index (χ2n) is 4.26. The van der Waals surface area contributed by atoms with Gasteiger partial charge in [0.1, 0.15) is 17.4 Å². The maximum atomic E-state index is 13.4.